The van der Waals surface area contributed by atoms with Gasteiger partial charge in [-0.15, -0.1) is 0 Å². The van der Waals surface area contributed by atoms with Gasteiger partial charge < -0.3 is 9.84 Å². The molecule has 4 heteroatoms. The summed E-state index contributed by atoms with van der Waals surface area (Å²) < 4.78 is 31.6. The molecular weight excluding hydrogens is 262 g/mol. The van der Waals surface area contributed by atoms with Gasteiger partial charge in [-0.2, -0.15) is 0 Å². The molecule has 2 aromatic rings. The molecule has 0 spiro atoms. The Kier molecular flexibility index (Phi) is 4.35. The predicted octanol–water partition coefficient (Wildman–Crippen LogP) is 3.77. The van der Waals surface area contributed by atoms with Crippen LogP contribution in [0.3, 0.4) is 0 Å². The molecule has 0 aliphatic heterocycles. The summed E-state index contributed by atoms with van der Waals surface area (Å²) >= 11 is 0. The number of rotatable bonds is 4. The molecule has 106 valence electrons. The molecule has 0 fully saturated rings. The van der Waals surface area contributed by atoms with Crippen LogP contribution in [0.25, 0.3) is 0 Å². The second kappa shape index (κ2) is 6.01. The summed E-state index contributed by atoms with van der Waals surface area (Å²) in [6.07, 6.45) is -1.54. The van der Waals surface area contributed by atoms with E-state index in [9.17, 15) is 13.9 Å². The smallest absolute Gasteiger partial charge is 0.167 e. The maximum Gasteiger partial charge on any atom is 0.167 e. The van der Waals surface area contributed by atoms with Crippen LogP contribution < -0.4 is 4.74 Å². The first kappa shape index (κ1) is 14.5. The van der Waals surface area contributed by atoms with Crippen molar-refractivity contribution in [2.45, 2.75) is 26.1 Å². The first-order valence-corrected chi connectivity index (χ1v) is 6.33. The molecule has 2 unspecified atom stereocenters. The van der Waals surface area contributed by atoms with Gasteiger partial charge in [-0.25, -0.2) is 8.78 Å². The molecule has 0 amide bonds. The van der Waals surface area contributed by atoms with Gasteiger partial charge in [0.2, 0.25) is 0 Å². The zero-order valence-electron chi connectivity index (χ0n) is 11.3. The number of aliphatic hydroxyl groups excluding tert-OH is 1. The van der Waals surface area contributed by atoms with Crippen LogP contribution >= 0.6 is 0 Å². The second-order valence-electron chi connectivity index (χ2n) is 4.75. The van der Waals surface area contributed by atoms with E-state index in [4.69, 9.17) is 4.74 Å². The Labute approximate surface area is 116 Å². The van der Waals surface area contributed by atoms with Crippen molar-refractivity contribution >= 4 is 0 Å². The van der Waals surface area contributed by atoms with Gasteiger partial charge in [0, 0.05) is 6.07 Å². The molecule has 0 heterocycles. The normalized spacial score (nSPS) is 13.8. The van der Waals surface area contributed by atoms with Crippen molar-refractivity contribution in [3.05, 3.63) is 65.2 Å². The molecule has 20 heavy (non-hydrogen) atoms. The molecule has 2 atom stereocenters. The summed E-state index contributed by atoms with van der Waals surface area (Å²) in [6, 6.07) is 10.4. The molecule has 0 aliphatic rings. The topological polar surface area (TPSA) is 29.5 Å². The van der Waals surface area contributed by atoms with Crippen molar-refractivity contribution in [3.8, 4) is 5.75 Å². The number of aliphatic hydroxyl groups is 1. The van der Waals surface area contributed by atoms with Crippen LogP contribution in [0.2, 0.25) is 0 Å². The van der Waals surface area contributed by atoms with Crippen molar-refractivity contribution in [2.75, 3.05) is 0 Å². The Morgan fingerprint density at radius 3 is 2.30 bits per heavy atom. The van der Waals surface area contributed by atoms with E-state index in [2.05, 4.69) is 0 Å². The van der Waals surface area contributed by atoms with E-state index >= 15 is 0 Å². The molecular formula is C16H16F2O2. The van der Waals surface area contributed by atoms with E-state index in [-0.39, 0.29) is 5.75 Å². The molecule has 2 aromatic carbocycles. The zero-order valence-corrected chi connectivity index (χ0v) is 11.3. The molecule has 0 radical (unpaired) electrons. The van der Waals surface area contributed by atoms with Crippen LogP contribution in [0, 0.1) is 18.6 Å². The van der Waals surface area contributed by atoms with E-state index < -0.39 is 23.8 Å². The highest BCUT2D eigenvalue weighted by Gasteiger charge is 2.19. The maximum absolute atomic E-state index is 13.5. The Bertz CT molecular complexity index is 582. The van der Waals surface area contributed by atoms with Gasteiger partial charge in [0.15, 0.2) is 11.6 Å². The summed E-state index contributed by atoms with van der Waals surface area (Å²) in [5.74, 6) is -1.53. The molecule has 1 N–H and O–H groups in total. The van der Waals surface area contributed by atoms with Gasteiger partial charge in [-0.1, -0.05) is 29.8 Å². The highest BCUT2D eigenvalue weighted by Crippen LogP contribution is 2.24. The van der Waals surface area contributed by atoms with Crippen molar-refractivity contribution in [3.63, 3.8) is 0 Å². The molecule has 0 saturated heterocycles. The molecule has 0 saturated carbocycles. The van der Waals surface area contributed by atoms with Gasteiger partial charge in [-0.05, 0) is 31.5 Å². The van der Waals surface area contributed by atoms with Gasteiger partial charge >= 0.3 is 0 Å². The lowest BCUT2D eigenvalue weighted by Crippen LogP contribution is -2.22. The molecule has 0 aliphatic carbocycles. The van der Waals surface area contributed by atoms with E-state index in [0.29, 0.717) is 5.56 Å². The third kappa shape index (κ3) is 3.33. The number of hydrogen-bond acceptors (Lipinski definition) is 2. The number of hydrogen-bond donors (Lipinski definition) is 1. The summed E-state index contributed by atoms with van der Waals surface area (Å²) in [5, 5.41) is 10.2. The third-order valence-corrected chi connectivity index (χ3v) is 3.07. The summed E-state index contributed by atoms with van der Waals surface area (Å²) in [4.78, 5) is 0. The van der Waals surface area contributed by atoms with Crippen molar-refractivity contribution in [1.82, 2.24) is 0 Å². The molecule has 2 rings (SSSR count). The van der Waals surface area contributed by atoms with E-state index in [1.807, 2.05) is 19.1 Å². The summed E-state index contributed by atoms with van der Waals surface area (Å²) in [5.41, 5.74) is 1.77. The van der Waals surface area contributed by atoms with Crippen LogP contribution in [-0.2, 0) is 0 Å². The number of benzene rings is 2. The van der Waals surface area contributed by atoms with Crippen molar-refractivity contribution < 1.29 is 18.6 Å². The van der Waals surface area contributed by atoms with Crippen LogP contribution in [0.5, 0.6) is 5.75 Å². The maximum atomic E-state index is 13.5. The average molecular weight is 278 g/mol. The standard InChI is InChI=1S/C16H16F2O2/c1-10-3-5-12(6-4-10)16(19)11(2)20-15-8-7-13(17)9-14(15)18/h3-9,11,16,19H,1-2H3. The number of ether oxygens (including phenoxy) is 1. The highest BCUT2D eigenvalue weighted by atomic mass is 19.1. The van der Waals surface area contributed by atoms with Crippen LogP contribution in [0.4, 0.5) is 8.78 Å². The largest absolute Gasteiger partial charge is 0.485 e. The van der Waals surface area contributed by atoms with Gasteiger partial charge in [0.05, 0.1) is 0 Å². The summed E-state index contributed by atoms with van der Waals surface area (Å²) in [6.45, 7) is 3.58. The van der Waals surface area contributed by atoms with Gasteiger partial charge in [-0.3, -0.25) is 0 Å². The van der Waals surface area contributed by atoms with Gasteiger partial charge in [0.1, 0.15) is 18.0 Å². The first-order valence-electron chi connectivity index (χ1n) is 6.33. The van der Waals surface area contributed by atoms with E-state index in [1.165, 1.54) is 6.07 Å². The van der Waals surface area contributed by atoms with E-state index in [1.54, 1.807) is 19.1 Å². The van der Waals surface area contributed by atoms with Crippen LogP contribution in [0.1, 0.15) is 24.2 Å². The lowest BCUT2D eigenvalue weighted by molar-refractivity contribution is 0.0443. The highest BCUT2D eigenvalue weighted by molar-refractivity contribution is 5.27. The number of aryl methyl sites for hydroxylation is 1. The minimum Gasteiger partial charge on any atom is -0.485 e. The quantitative estimate of drug-likeness (QED) is 0.922. The zero-order chi connectivity index (χ0) is 14.7. The Balaban J connectivity index is 2.11. The first-order chi connectivity index (χ1) is 9.47. The van der Waals surface area contributed by atoms with Gasteiger partial charge in [0.25, 0.3) is 0 Å². The van der Waals surface area contributed by atoms with Crippen LogP contribution in [0.15, 0.2) is 42.5 Å². The Morgan fingerprint density at radius 1 is 1.05 bits per heavy atom. The summed E-state index contributed by atoms with van der Waals surface area (Å²) in [7, 11) is 0. The Hall–Kier alpha value is -1.94. The van der Waals surface area contributed by atoms with Crippen molar-refractivity contribution in [1.29, 1.82) is 0 Å². The third-order valence-electron chi connectivity index (χ3n) is 3.07. The molecule has 0 aromatic heterocycles. The fourth-order valence-electron chi connectivity index (χ4n) is 1.87. The monoisotopic (exact) mass is 278 g/mol. The lowest BCUT2D eigenvalue weighted by Gasteiger charge is -2.21. The molecule has 2 nitrogen and oxygen atoms in total. The fourth-order valence-corrected chi connectivity index (χ4v) is 1.87. The predicted molar refractivity (Wildman–Crippen MR) is 72.6 cm³/mol. The fraction of sp³-hybridized carbons (Fsp3) is 0.250. The number of halogens is 2. The minimum absolute atomic E-state index is 0.0786. The van der Waals surface area contributed by atoms with Crippen LogP contribution in [-0.4, -0.2) is 11.2 Å². The molecule has 0 bridgehead atoms. The average Bonchev–Trinajstić information content (AvgIpc) is 2.42. The second-order valence-corrected chi connectivity index (χ2v) is 4.75. The lowest BCUT2D eigenvalue weighted by atomic mass is 10.0. The SMILES string of the molecule is Cc1ccc(C(O)C(C)Oc2ccc(F)cc2F)cc1. The minimum atomic E-state index is -0.889. The Morgan fingerprint density at radius 2 is 1.70 bits per heavy atom. The van der Waals surface area contributed by atoms with E-state index in [0.717, 1.165) is 17.7 Å². The van der Waals surface area contributed by atoms with Crippen molar-refractivity contribution in [2.24, 2.45) is 0 Å².